The van der Waals surface area contributed by atoms with Crippen LogP contribution in [0.15, 0.2) is 18.2 Å². The molecular weight excluding hydrogens is 254 g/mol. The van der Waals surface area contributed by atoms with Crippen LogP contribution in [0.3, 0.4) is 0 Å². The number of hydrogen-bond donors (Lipinski definition) is 1. The van der Waals surface area contributed by atoms with Gasteiger partial charge < -0.3 is 14.8 Å². The van der Waals surface area contributed by atoms with Gasteiger partial charge in [-0.1, -0.05) is 19.1 Å². The van der Waals surface area contributed by atoms with Crippen molar-refractivity contribution >= 4 is 5.82 Å². The van der Waals surface area contributed by atoms with Crippen molar-refractivity contribution in [3.05, 3.63) is 24.0 Å². The Bertz CT molecular complexity index is 462. The second-order valence-corrected chi connectivity index (χ2v) is 5.18. The van der Waals surface area contributed by atoms with E-state index in [1.807, 2.05) is 13.1 Å². The van der Waals surface area contributed by atoms with Gasteiger partial charge in [-0.05, 0) is 24.7 Å². The van der Waals surface area contributed by atoms with Crippen molar-refractivity contribution < 1.29 is 9.47 Å². The summed E-state index contributed by atoms with van der Waals surface area (Å²) >= 11 is 0. The molecule has 5 nitrogen and oxygen atoms in total. The van der Waals surface area contributed by atoms with Crippen LogP contribution in [0.1, 0.15) is 25.6 Å². The summed E-state index contributed by atoms with van der Waals surface area (Å²) in [6.45, 7) is 3.35. The third kappa shape index (κ3) is 3.93. The van der Waals surface area contributed by atoms with Crippen molar-refractivity contribution in [2.45, 2.75) is 26.4 Å². The number of nitrogens with one attached hydrogen (secondary N) is 1. The zero-order valence-electron chi connectivity index (χ0n) is 12.4. The Morgan fingerprint density at radius 2 is 2.10 bits per heavy atom. The van der Waals surface area contributed by atoms with Crippen molar-refractivity contribution in [3.8, 4) is 5.88 Å². The molecule has 110 valence electrons. The van der Waals surface area contributed by atoms with Crippen LogP contribution in [0.25, 0.3) is 0 Å². The minimum Gasteiger partial charge on any atom is -0.477 e. The molecular formula is C15H23N3O2. The molecule has 1 aromatic rings. The fraction of sp³-hybridized carbons (Fsp3) is 0.600. The van der Waals surface area contributed by atoms with Gasteiger partial charge in [-0.2, -0.15) is 4.98 Å². The molecule has 2 rings (SSSR count). The molecule has 0 saturated heterocycles. The summed E-state index contributed by atoms with van der Waals surface area (Å²) < 4.78 is 10.9. The number of methoxy groups -OCH3 is 1. The first-order valence-corrected chi connectivity index (χ1v) is 7.05. The smallest absolute Gasteiger partial charge is 0.218 e. The van der Waals surface area contributed by atoms with E-state index in [9.17, 15) is 0 Å². The highest BCUT2D eigenvalue weighted by Gasteiger charge is 2.19. The van der Waals surface area contributed by atoms with Crippen LogP contribution in [0.5, 0.6) is 5.88 Å². The fourth-order valence-corrected chi connectivity index (χ4v) is 2.30. The first-order chi connectivity index (χ1) is 9.72. The van der Waals surface area contributed by atoms with E-state index in [2.05, 4.69) is 34.4 Å². The summed E-state index contributed by atoms with van der Waals surface area (Å²) in [5.41, 5.74) is 0. The van der Waals surface area contributed by atoms with Crippen molar-refractivity contribution in [1.82, 2.24) is 9.97 Å². The molecule has 0 spiro atoms. The normalized spacial score (nSPS) is 21.8. The lowest BCUT2D eigenvalue weighted by Gasteiger charge is -2.25. The number of rotatable bonds is 6. The SMILES string of the molecule is CNc1cc(OCC2CC=CCC2C)nc(COC)n1. The maximum atomic E-state index is 5.86. The van der Waals surface area contributed by atoms with Crippen LogP contribution < -0.4 is 10.1 Å². The Labute approximate surface area is 120 Å². The lowest BCUT2D eigenvalue weighted by molar-refractivity contribution is 0.171. The Kier molecular flexibility index (Phi) is 5.35. The molecule has 0 bridgehead atoms. The van der Waals surface area contributed by atoms with E-state index in [0.29, 0.717) is 36.8 Å². The molecule has 0 aliphatic heterocycles. The van der Waals surface area contributed by atoms with Crippen LogP contribution in [0.4, 0.5) is 5.82 Å². The van der Waals surface area contributed by atoms with Crippen molar-refractivity contribution in [2.24, 2.45) is 11.8 Å². The van der Waals surface area contributed by atoms with Crippen LogP contribution in [0, 0.1) is 11.8 Å². The summed E-state index contributed by atoms with van der Waals surface area (Å²) in [6.07, 6.45) is 6.70. The average molecular weight is 277 g/mol. The Hall–Kier alpha value is -1.62. The van der Waals surface area contributed by atoms with Gasteiger partial charge in [0.2, 0.25) is 5.88 Å². The van der Waals surface area contributed by atoms with E-state index in [-0.39, 0.29) is 0 Å². The molecule has 1 N–H and O–H groups in total. The summed E-state index contributed by atoms with van der Waals surface area (Å²) in [6, 6.07) is 1.82. The van der Waals surface area contributed by atoms with E-state index < -0.39 is 0 Å². The maximum Gasteiger partial charge on any atom is 0.218 e. The first kappa shape index (κ1) is 14.8. The van der Waals surface area contributed by atoms with E-state index in [1.165, 1.54) is 0 Å². The second-order valence-electron chi connectivity index (χ2n) is 5.18. The first-order valence-electron chi connectivity index (χ1n) is 7.05. The number of hydrogen-bond acceptors (Lipinski definition) is 5. The predicted octanol–water partition coefficient (Wildman–Crippen LogP) is 2.65. The third-order valence-corrected chi connectivity index (χ3v) is 3.64. The lowest BCUT2D eigenvalue weighted by atomic mass is 9.85. The van der Waals surface area contributed by atoms with Crippen molar-refractivity contribution in [2.75, 3.05) is 26.1 Å². The van der Waals surface area contributed by atoms with E-state index >= 15 is 0 Å². The van der Waals surface area contributed by atoms with Crippen LogP contribution in [-0.4, -0.2) is 30.7 Å². The predicted molar refractivity (Wildman–Crippen MR) is 78.8 cm³/mol. The molecule has 0 radical (unpaired) electrons. The van der Waals surface area contributed by atoms with Crippen molar-refractivity contribution in [1.29, 1.82) is 0 Å². The highest BCUT2D eigenvalue weighted by Crippen LogP contribution is 2.26. The van der Waals surface area contributed by atoms with Crippen LogP contribution in [0.2, 0.25) is 0 Å². The van der Waals surface area contributed by atoms with Gasteiger partial charge >= 0.3 is 0 Å². The van der Waals surface area contributed by atoms with Gasteiger partial charge in [0.15, 0.2) is 5.82 Å². The second kappa shape index (κ2) is 7.24. The van der Waals surface area contributed by atoms with Gasteiger partial charge in [-0.3, -0.25) is 0 Å². The molecule has 0 fully saturated rings. The van der Waals surface area contributed by atoms with Gasteiger partial charge in [0.05, 0.1) is 6.61 Å². The molecule has 1 heterocycles. The van der Waals surface area contributed by atoms with E-state index in [4.69, 9.17) is 9.47 Å². The minimum atomic E-state index is 0.383. The standard InChI is InChI=1S/C15H23N3O2/c1-11-6-4-5-7-12(11)9-20-15-8-13(16-2)17-14(18-15)10-19-3/h4-5,8,11-12H,6-7,9-10H2,1-3H3,(H,16,17,18). The average Bonchev–Trinajstić information content (AvgIpc) is 2.46. The molecule has 0 aromatic carbocycles. The Balaban J connectivity index is 2.00. The molecule has 1 aliphatic carbocycles. The highest BCUT2D eigenvalue weighted by molar-refractivity contribution is 5.37. The number of ether oxygens (including phenoxy) is 2. The quantitative estimate of drug-likeness (QED) is 0.810. The number of aromatic nitrogens is 2. The molecule has 2 atom stereocenters. The topological polar surface area (TPSA) is 56.3 Å². The zero-order valence-corrected chi connectivity index (χ0v) is 12.4. The largest absolute Gasteiger partial charge is 0.477 e. The Morgan fingerprint density at radius 3 is 2.80 bits per heavy atom. The molecule has 20 heavy (non-hydrogen) atoms. The lowest BCUT2D eigenvalue weighted by Crippen LogP contribution is -2.21. The van der Waals surface area contributed by atoms with Crippen LogP contribution in [-0.2, 0) is 11.3 Å². The molecule has 0 amide bonds. The zero-order chi connectivity index (χ0) is 14.4. The van der Waals surface area contributed by atoms with Crippen molar-refractivity contribution in [3.63, 3.8) is 0 Å². The molecule has 0 saturated carbocycles. The summed E-state index contributed by atoms with van der Waals surface area (Å²) in [5.74, 6) is 3.20. The third-order valence-electron chi connectivity index (χ3n) is 3.64. The van der Waals surface area contributed by atoms with Gasteiger partial charge in [0.25, 0.3) is 0 Å². The summed E-state index contributed by atoms with van der Waals surface area (Å²) in [4.78, 5) is 8.68. The number of allylic oxidation sites excluding steroid dienone is 2. The van der Waals surface area contributed by atoms with E-state index in [0.717, 1.165) is 18.7 Å². The highest BCUT2D eigenvalue weighted by atomic mass is 16.5. The maximum absolute atomic E-state index is 5.86. The molecule has 5 heteroatoms. The molecule has 2 unspecified atom stereocenters. The molecule has 1 aliphatic rings. The number of nitrogens with zero attached hydrogens (tertiary/aromatic N) is 2. The number of anilines is 1. The van der Waals surface area contributed by atoms with Crippen LogP contribution >= 0.6 is 0 Å². The molecule has 1 aromatic heterocycles. The minimum absolute atomic E-state index is 0.383. The fourth-order valence-electron chi connectivity index (χ4n) is 2.30. The Morgan fingerprint density at radius 1 is 1.30 bits per heavy atom. The monoisotopic (exact) mass is 277 g/mol. The van der Waals surface area contributed by atoms with Gasteiger partial charge in [-0.25, -0.2) is 4.98 Å². The van der Waals surface area contributed by atoms with Gasteiger partial charge in [0, 0.05) is 20.2 Å². The summed E-state index contributed by atoms with van der Waals surface area (Å²) in [7, 11) is 3.46. The van der Waals surface area contributed by atoms with Gasteiger partial charge in [0.1, 0.15) is 12.4 Å². The van der Waals surface area contributed by atoms with E-state index in [1.54, 1.807) is 7.11 Å². The van der Waals surface area contributed by atoms with Gasteiger partial charge in [-0.15, -0.1) is 0 Å². The summed E-state index contributed by atoms with van der Waals surface area (Å²) in [5, 5.41) is 3.02.